The maximum atomic E-state index is 12.9. The van der Waals surface area contributed by atoms with Crippen molar-refractivity contribution in [1.29, 1.82) is 0 Å². The van der Waals surface area contributed by atoms with Crippen LogP contribution in [-0.4, -0.2) is 12.5 Å². The van der Waals surface area contributed by atoms with E-state index < -0.39 is 0 Å². The smallest absolute Gasteiger partial charge is 0.252 e. The van der Waals surface area contributed by atoms with Crippen LogP contribution in [-0.2, 0) is 6.42 Å². The quantitative estimate of drug-likeness (QED) is 0.815. The van der Waals surface area contributed by atoms with Gasteiger partial charge in [0.15, 0.2) is 0 Å². The van der Waals surface area contributed by atoms with Crippen molar-refractivity contribution in [2.24, 2.45) is 0 Å². The number of carbonyl (C=O) groups excluding carboxylic acids is 1. The molecule has 0 bridgehead atoms. The van der Waals surface area contributed by atoms with Crippen LogP contribution in [0.5, 0.6) is 0 Å². The van der Waals surface area contributed by atoms with Gasteiger partial charge in [-0.2, -0.15) is 0 Å². The number of nitrogens with one attached hydrogen (secondary N) is 1. The van der Waals surface area contributed by atoms with Crippen LogP contribution in [0.1, 0.15) is 15.2 Å². The summed E-state index contributed by atoms with van der Waals surface area (Å²) < 4.78 is 13.5. The summed E-state index contributed by atoms with van der Waals surface area (Å²) in [5.41, 5.74) is 0.517. The van der Waals surface area contributed by atoms with Gasteiger partial charge in [-0.25, -0.2) is 4.39 Å². The van der Waals surface area contributed by atoms with Gasteiger partial charge in [0.1, 0.15) is 5.82 Å². The van der Waals surface area contributed by atoms with Crippen molar-refractivity contribution >= 4 is 39.8 Å². The number of thiophene rings is 1. The highest BCUT2D eigenvalue weighted by atomic mass is 127. The Morgan fingerprint density at radius 1 is 1.39 bits per heavy atom. The lowest BCUT2D eigenvalue weighted by molar-refractivity contribution is 0.0953. The molecule has 0 aliphatic rings. The van der Waals surface area contributed by atoms with Crippen LogP contribution in [0.2, 0.25) is 0 Å². The second kappa shape index (κ2) is 6.29. The van der Waals surface area contributed by atoms with E-state index in [2.05, 4.69) is 5.32 Å². The summed E-state index contributed by atoms with van der Waals surface area (Å²) in [7, 11) is 0. The van der Waals surface area contributed by atoms with Gasteiger partial charge in [-0.15, -0.1) is 11.3 Å². The third-order valence-electron chi connectivity index (χ3n) is 2.41. The zero-order valence-corrected chi connectivity index (χ0v) is 12.4. The van der Waals surface area contributed by atoms with E-state index in [9.17, 15) is 9.18 Å². The van der Waals surface area contributed by atoms with E-state index in [-0.39, 0.29) is 11.7 Å². The summed E-state index contributed by atoms with van der Waals surface area (Å²) in [5.74, 6) is -0.481. The number of hydrogen-bond acceptors (Lipinski definition) is 2. The fourth-order valence-electron chi connectivity index (χ4n) is 1.52. The molecule has 18 heavy (non-hydrogen) atoms. The van der Waals surface area contributed by atoms with Crippen LogP contribution in [0, 0.1) is 9.39 Å². The van der Waals surface area contributed by atoms with Crippen LogP contribution in [0.4, 0.5) is 4.39 Å². The lowest BCUT2D eigenvalue weighted by atomic mass is 10.2. The van der Waals surface area contributed by atoms with E-state index in [1.54, 1.807) is 11.3 Å². The maximum Gasteiger partial charge on any atom is 0.252 e. The van der Waals surface area contributed by atoms with Crippen molar-refractivity contribution < 1.29 is 9.18 Å². The average molecular weight is 375 g/mol. The first-order chi connectivity index (χ1) is 8.66. The molecule has 0 radical (unpaired) electrons. The van der Waals surface area contributed by atoms with Crippen LogP contribution in [0.3, 0.4) is 0 Å². The average Bonchev–Trinajstić information content (AvgIpc) is 2.81. The summed E-state index contributed by atoms with van der Waals surface area (Å²) in [5, 5.41) is 4.85. The highest BCUT2D eigenvalue weighted by Gasteiger charge is 2.09. The predicted molar refractivity (Wildman–Crippen MR) is 79.5 cm³/mol. The molecule has 1 N–H and O–H groups in total. The molecule has 2 aromatic rings. The van der Waals surface area contributed by atoms with Crippen molar-refractivity contribution in [3.05, 3.63) is 55.5 Å². The van der Waals surface area contributed by atoms with E-state index in [1.165, 1.54) is 23.1 Å². The van der Waals surface area contributed by atoms with E-state index >= 15 is 0 Å². The zero-order chi connectivity index (χ0) is 13.0. The second-order valence-electron chi connectivity index (χ2n) is 3.71. The first kappa shape index (κ1) is 13.5. The number of amides is 1. The molecule has 0 atom stereocenters. The molecular weight excluding hydrogens is 364 g/mol. The number of rotatable bonds is 4. The fourth-order valence-corrected chi connectivity index (χ4v) is 2.95. The molecule has 2 rings (SSSR count). The van der Waals surface area contributed by atoms with Gasteiger partial charge in [-0.1, -0.05) is 6.07 Å². The van der Waals surface area contributed by atoms with Crippen LogP contribution in [0.15, 0.2) is 35.7 Å². The van der Waals surface area contributed by atoms with E-state index in [1.807, 2.05) is 40.1 Å². The normalized spacial score (nSPS) is 10.3. The molecule has 5 heteroatoms. The van der Waals surface area contributed by atoms with E-state index in [4.69, 9.17) is 0 Å². The highest BCUT2D eigenvalue weighted by molar-refractivity contribution is 14.1. The van der Waals surface area contributed by atoms with Gasteiger partial charge < -0.3 is 5.32 Å². The Balaban J connectivity index is 1.91. The third-order valence-corrected chi connectivity index (χ3v) is 4.24. The maximum absolute atomic E-state index is 12.9. The third kappa shape index (κ3) is 3.52. The van der Waals surface area contributed by atoms with Crippen molar-refractivity contribution in [3.63, 3.8) is 0 Å². The minimum atomic E-state index is -0.325. The first-order valence-electron chi connectivity index (χ1n) is 5.42. The minimum Gasteiger partial charge on any atom is -0.352 e. The summed E-state index contributed by atoms with van der Waals surface area (Å²) in [6.45, 7) is 0.590. The van der Waals surface area contributed by atoms with Gasteiger partial charge in [0.05, 0.1) is 5.56 Å². The summed E-state index contributed by atoms with van der Waals surface area (Å²) in [6.07, 6.45) is 0.821. The fraction of sp³-hybridized carbons (Fsp3) is 0.154. The number of hydrogen-bond donors (Lipinski definition) is 1. The van der Waals surface area contributed by atoms with E-state index in [0.29, 0.717) is 15.7 Å². The topological polar surface area (TPSA) is 29.1 Å². The van der Waals surface area contributed by atoms with Crippen molar-refractivity contribution in [2.45, 2.75) is 6.42 Å². The Bertz CT molecular complexity index is 542. The number of benzene rings is 1. The zero-order valence-electron chi connectivity index (χ0n) is 9.45. The lowest BCUT2D eigenvalue weighted by Gasteiger charge is -2.06. The van der Waals surface area contributed by atoms with Crippen LogP contribution >= 0.6 is 33.9 Å². The molecular formula is C13H11FINOS. The predicted octanol–water partition coefficient (Wildman–Crippen LogP) is 3.46. The van der Waals surface area contributed by atoms with Crippen LogP contribution < -0.4 is 5.32 Å². The molecule has 0 spiro atoms. The number of carbonyl (C=O) groups is 1. The van der Waals surface area contributed by atoms with Crippen molar-refractivity contribution in [2.75, 3.05) is 6.54 Å². The van der Waals surface area contributed by atoms with Gasteiger partial charge in [-0.3, -0.25) is 4.79 Å². The largest absolute Gasteiger partial charge is 0.352 e. The van der Waals surface area contributed by atoms with Gasteiger partial charge in [-0.05, 0) is 58.7 Å². The summed E-state index contributed by atoms with van der Waals surface area (Å²) in [6, 6.07) is 8.20. The Morgan fingerprint density at radius 2 is 2.22 bits per heavy atom. The molecule has 1 aromatic carbocycles. The molecule has 1 aromatic heterocycles. The molecule has 2 nitrogen and oxygen atoms in total. The highest BCUT2D eigenvalue weighted by Crippen LogP contribution is 2.14. The molecule has 94 valence electrons. The van der Waals surface area contributed by atoms with Gasteiger partial charge in [0.2, 0.25) is 0 Å². The summed E-state index contributed by atoms with van der Waals surface area (Å²) in [4.78, 5) is 13.1. The Labute approximate surface area is 122 Å². The van der Waals surface area contributed by atoms with Crippen molar-refractivity contribution in [3.8, 4) is 0 Å². The summed E-state index contributed by atoms with van der Waals surface area (Å²) >= 11 is 3.64. The SMILES string of the molecule is O=C(NCCc1cccs1)c1ccc(F)cc1I. The van der Waals surface area contributed by atoms with Crippen molar-refractivity contribution in [1.82, 2.24) is 5.32 Å². The molecule has 1 heterocycles. The van der Waals surface area contributed by atoms with Gasteiger partial charge >= 0.3 is 0 Å². The van der Waals surface area contributed by atoms with Gasteiger partial charge in [0.25, 0.3) is 5.91 Å². The standard InChI is InChI=1S/C13H11FINOS/c14-9-3-4-11(12(15)8-9)13(17)16-6-5-10-2-1-7-18-10/h1-4,7-8H,5-6H2,(H,16,17). The minimum absolute atomic E-state index is 0.157. The van der Waals surface area contributed by atoms with Crippen LogP contribution in [0.25, 0.3) is 0 Å². The molecule has 1 amide bonds. The molecule has 0 aliphatic carbocycles. The van der Waals surface area contributed by atoms with E-state index in [0.717, 1.165) is 6.42 Å². The molecule has 0 fully saturated rings. The monoisotopic (exact) mass is 375 g/mol. The Hall–Kier alpha value is -0.950. The molecule has 0 saturated heterocycles. The first-order valence-corrected chi connectivity index (χ1v) is 7.38. The molecule has 0 aliphatic heterocycles. The van der Waals surface area contributed by atoms with Gasteiger partial charge in [0, 0.05) is 15.0 Å². The number of halogens is 2. The second-order valence-corrected chi connectivity index (χ2v) is 5.90. The Morgan fingerprint density at radius 3 is 2.89 bits per heavy atom. The molecule has 0 saturated carbocycles. The Kier molecular flexibility index (Phi) is 4.71. The molecule has 0 unspecified atom stereocenters. The lowest BCUT2D eigenvalue weighted by Crippen LogP contribution is -2.26.